The zero-order chi connectivity index (χ0) is 25.6. The maximum atomic E-state index is 14.1. The van der Waals surface area contributed by atoms with Crippen LogP contribution in [-0.2, 0) is 10.0 Å². The van der Waals surface area contributed by atoms with Crippen LogP contribution in [0.2, 0.25) is 5.02 Å². The molecule has 2 aliphatic rings. The predicted octanol–water partition coefficient (Wildman–Crippen LogP) is 6.33. The van der Waals surface area contributed by atoms with Crippen LogP contribution >= 0.6 is 11.6 Å². The van der Waals surface area contributed by atoms with E-state index in [4.69, 9.17) is 16.0 Å². The van der Waals surface area contributed by atoms with Gasteiger partial charge in [-0.25, -0.2) is 13.2 Å². The van der Waals surface area contributed by atoms with Crippen LogP contribution in [0.15, 0.2) is 57.8 Å². The number of halogens is 1. The zero-order valence-corrected chi connectivity index (χ0v) is 21.8. The van der Waals surface area contributed by atoms with Crippen molar-refractivity contribution in [2.24, 2.45) is 5.92 Å². The summed E-state index contributed by atoms with van der Waals surface area (Å²) < 4.78 is 35.2. The molecule has 36 heavy (non-hydrogen) atoms. The maximum absolute atomic E-state index is 14.1. The topological polar surface area (TPSA) is 91.1 Å². The molecule has 1 N–H and O–H groups in total. The van der Waals surface area contributed by atoms with Crippen molar-refractivity contribution >= 4 is 39.0 Å². The van der Waals surface area contributed by atoms with Crippen molar-refractivity contribution in [2.45, 2.75) is 50.0 Å². The number of rotatable bonds is 4. The van der Waals surface area contributed by atoms with Crippen LogP contribution in [0.1, 0.15) is 48.2 Å². The third kappa shape index (κ3) is 4.31. The molecule has 2 heterocycles. The van der Waals surface area contributed by atoms with E-state index < -0.39 is 16.0 Å². The van der Waals surface area contributed by atoms with Gasteiger partial charge in [-0.1, -0.05) is 49.1 Å². The van der Waals surface area contributed by atoms with Gasteiger partial charge in [0.1, 0.15) is 10.7 Å². The summed E-state index contributed by atoms with van der Waals surface area (Å²) in [5.74, 6) is -0.906. The van der Waals surface area contributed by atoms with E-state index in [1.165, 1.54) is 16.8 Å². The normalized spacial score (nSPS) is 20.6. The number of hydrogen-bond donors (Lipinski definition) is 1. The fourth-order valence-electron chi connectivity index (χ4n) is 5.53. The van der Waals surface area contributed by atoms with E-state index in [0.29, 0.717) is 23.4 Å². The summed E-state index contributed by atoms with van der Waals surface area (Å²) in [5, 5.41) is 9.71. The minimum Gasteiger partial charge on any atom is -0.475 e. The van der Waals surface area contributed by atoms with Gasteiger partial charge in [-0.2, -0.15) is 4.31 Å². The van der Waals surface area contributed by atoms with Crippen molar-refractivity contribution in [1.82, 2.24) is 4.31 Å². The lowest BCUT2D eigenvalue weighted by Crippen LogP contribution is -2.46. The van der Waals surface area contributed by atoms with Gasteiger partial charge < -0.3 is 14.4 Å². The van der Waals surface area contributed by atoms with Crippen molar-refractivity contribution < 1.29 is 22.7 Å². The number of hydrogen-bond acceptors (Lipinski definition) is 5. The summed E-state index contributed by atoms with van der Waals surface area (Å²) in [4.78, 5) is 13.7. The van der Waals surface area contributed by atoms with Crippen molar-refractivity contribution in [2.75, 3.05) is 18.5 Å². The average Bonchev–Trinajstić information content (AvgIpc) is 3.23. The highest BCUT2D eigenvalue weighted by Crippen LogP contribution is 2.45. The minimum absolute atomic E-state index is 0.123. The molecule has 0 spiro atoms. The van der Waals surface area contributed by atoms with Gasteiger partial charge in [0.2, 0.25) is 15.8 Å². The molecular weight excluding hydrogens is 500 g/mol. The number of carbonyl (C=O) groups is 1. The largest absolute Gasteiger partial charge is 0.475 e. The third-order valence-corrected chi connectivity index (χ3v) is 9.70. The van der Waals surface area contributed by atoms with E-state index in [2.05, 4.69) is 0 Å². The smallest absolute Gasteiger partial charge is 0.372 e. The summed E-state index contributed by atoms with van der Waals surface area (Å²) in [5.41, 5.74) is 2.16. The lowest BCUT2D eigenvalue weighted by molar-refractivity contribution is 0.0662. The van der Waals surface area contributed by atoms with Crippen molar-refractivity contribution in [1.29, 1.82) is 0 Å². The van der Waals surface area contributed by atoms with Crippen molar-refractivity contribution in [3.05, 3.63) is 64.9 Å². The van der Waals surface area contributed by atoms with Crippen LogP contribution < -0.4 is 4.90 Å². The molecule has 3 aromatic rings. The number of anilines is 2. The Balaban J connectivity index is 1.70. The first-order chi connectivity index (χ1) is 17.2. The second-order valence-corrected chi connectivity index (χ2v) is 12.0. The van der Waals surface area contributed by atoms with Gasteiger partial charge in [0, 0.05) is 36.4 Å². The van der Waals surface area contributed by atoms with Crippen LogP contribution in [0.3, 0.4) is 0 Å². The molecule has 0 amide bonds. The Morgan fingerprint density at radius 1 is 1.08 bits per heavy atom. The Morgan fingerprint density at radius 3 is 2.42 bits per heavy atom. The van der Waals surface area contributed by atoms with E-state index in [-0.39, 0.29) is 33.4 Å². The molecule has 0 saturated heterocycles. The first-order valence-electron chi connectivity index (χ1n) is 12.2. The number of carboxylic acids is 1. The number of furan rings is 1. The van der Waals surface area contributed by atoms with Crippen molar-refractivity contribution in [3.63, 3.8) is 0 Å². The molecule has 1 saturated carbocycles. The van der Waals surface area contributed by atoms with Crippen LogP contribution in [0, 0.1) is 12.8 Å². The molecule has 1 atom stereocenters. The van der Waals surface area contributed by atoms with Gasteiger partial charge in [-0.3, -0.25) is 0 Å². The van der Waals surface area contributed by atoms with Gasteiger partial charge in [-0.15, -0.1) is 0 Å². The molecule has 0 bridgehead atoms. The third-order valence-electron chi connectivity index (χ3n) is 7.47. The molecule has 2 aromatic carbocycles. The Hall–Kier alpha value is -2.81. The summed E-state index contributed by atoms with van der Waals surface area (Å²) >= 11 is 6.72. The molecule has 7 nitrogen and oxygen atoms in total. The van der Waals surface area contributed by atoms with E-state index in [1.807, 2.05) is 35.2 Å². The SMILES string of the molecule is Cc1cc(-c2cc3c(cc2Cl)N(c2ccccc2)C[C@@H](C2CCCCC2)N(C)S3(=O)=O)oc1C(=O)O. The number of carboxylic acid groups (broad SMARTS) is 1. The second-order valence-electron chi connectivity index (χ2n) is 9.66. The molecule has 190 valence electrons. The van der Waals surface area contributed by atoms with Crippen LogP contribution in [-0.4, -0.2) is 43.4 Å². The Kier molecular flexibility index (Phi) is 6.61. The Labute approximate surface area is 216 Å². The van der Waals surface area contributed by atoms with E-state index >= 15 is 0 Å². The number of nitrogens with zero attached hydrogens (tertiary/aromatic N) is 2. The quantitative estimate of drug-likeness (QED) is 0.425. The van der Waals surface area contributed by atoms with E-state index in [1.54, 1.807) is 26.1 Å². The van der Waals surface area contributed by atoms with Gasteiger partial charge in [-0.05, 0) is 56.0 Å². The monoisotopic (exact) mass is 528 g/mol. The summed E-state index contributed by atoms with van der Waals surface area (Å²) in [6, 6.07) is 14.3. The fraction of sp³-hybridized carbons (Fsp3) is 0.370. The highest BCUT2D eigenvalue weighted by Gasteiger charge is 2.41. The molecule has 0 unspecified atom stereocenters. The molecule has 1 aliphatic carbocycles. The highest BCUT2D eigenvalue weighted by atomic mass is 35.5. The van der Waals surface area contributed by atoms with E-state index in [0.717, 1.165) is 31.4 Å². The summed E-state index contributed by atoms with van der Waals surface area (Å²) in [6.45, 7) is 2.14. The van der Waals surface area contributed by atoms with Gasteiger partial charge in [0.05, 0.1) is 10.7 Å². The Bertz CT molecular complexity index is 1400. The maximum Gasteiger partial charge on any atom is 0.372 e. The minimum atomic E-state index is -3.89. The van der Waals surface area contributed by atoms with Crippen LogP contribution in [0.25, 0.3) is 11.3 Å². The van der Waals surface area contributed by atoms with Gasteiger partial charge >= 0.3 is 5.97 Å². The predicted molar refractivity (Wildman–Crippen MR) is 140 cm³/mol. The number of para-hydroxylation sites is 1. The molecule has 9 heteroatoms. The lowest BCUT2D eigenvalue weighted by Gasteiger charge is -2.36. The summed E-state index contributed by atoms with van der Waals surface area (Å²) in [7, 11) is -2.22. The molecule has 5 rings (SSSR count). The number of fused-ring (bicyclic) bond motifs is 1. The van der Waals surface area contributed by atoms with Gasteiger partial charge in [0.15, 0.2) is 0 Å². The number of aromatic carboxylic acids is 1. The number of likely N-dealkylation sites (N-methyl/N-ethyl adjacent to an activating group) is 1. The summed E-state index contributed by atoms with van der Waals surface area (Å²) in [6.07, 6.45) is 5.39. The Morgan fingerprint density at radius 2 is 1.78 bits per heavy atom. The van der Waals surface area contributed by atoms with E-state index in [9.17, 15) is 18.3 Å². The molecule has 1 fully saturated rings. The molecule has 1 aromatic heterocycles. The first kappa shape index (κ1) is 24.9. The van der Waals surface area contributed by atoms with Crippen LogP contribution in [0.4, 0.5) is 11.4 Å². The highest BCUT2D eigenvalue weighted by molar-refractivity contribution is 7.89. The first-order valence-corrected chi connectivity index (χ1v) is 14.0. The molecule has 0 radical (unpaired) electrons. The number of aryl methyl sites for hydroxylation is 1. The lowest BCUT2D eigenvalue weighted by atomic mass is 9.83. The number of sulfonamides is 1. The van der Waals surface area contributed by atoms with Crippen LogP contribution in [0.5, 0.6) is 0 Å². The standard InChI is InChI=1S/C27H29ClN2O5S/c1-17-13-24(35-26(17)27(31)32)20-14-25-22(15-21(20)28)30(19-11-7-4-8-12-19)16-23(29(2)36(25,33)34)18-9-5-3-6-10-18/h4,7-8,11-15,18,23H,3,5-6,9-10,16H2,1-2H3,(H,31,32)/t23-/m0/s1. The molecule has 1 aliphatic heterocycles. The molecular formula is C27H29ClN2O5S. The fourth-order valence-corrected chi connectivity index (χ4v) is 7.38. The zero-order valence-electron chi connectivity index (χ0n) is 20.3. The second kappa shape index (κ2) is 9.57. The number of benzene rings is 2. The van der Waals surface area contributed by atoms with Crippen molar-refractivity contribution in [3.8, 4) is 11.3 Å². The van der Waals surface area contributed by atoms with Gasteiger partial charge in [0.25, 0.3) is 0 Å². The average molecular weight is 529 g/mol.